The number of aryl methyl sites for hydroxylation is 1. The van der Waals surface area contributed by atoms with Crippen LogP contribution in [-0.4, -0.2) is 74.8 Å². The molecule has 300 valence electrons. The lowest BCUT2D eigenvalue weighted by Gasteiger charge is -2.30. The van der Waals surface area contributed by atoms with Gasteiger partial charge in [0.2, 0.25) is 5.91 Å². The minimum atomic E-state index is -0.697. The van der Waals surface area contributed by atoms with Gasteiger partial charge in [-0.25, -0.2) is 14.8 Å². The molecule has 0 spiro atoms. The maximum Gasteiger partial charge on any atom is 0.407 e. The number of aromatic nitrogens is 5. The third-order valence-electron chi connectivity index (χ3n) is 11.9. The second-order valence-corrected chi connectivity index (χ2v) is 15.9. The van der Waals surface area contributed by atoms with Crippen molar-refractivity contribution in [3.8, 4) is 45.3 Å². The number of methoxy groups -OCH3 is 2. The van der Waals surface area contributed by atoms with Gasteiger partial charge in [-0.2, -0.15) is 0 Å². The zero-order valence-corrected chi connectivity index (χ0v) is 33.4. The van der Waals surface area contributed by atoms with Gasteiger partial charge < -0.3 is 44.3 Å². The molecule has 4 N–H and O–H groups in total. The number of carbonyl (C=O) groups is 2. The fraction of sp³-hybridized carbons (Fsp3) is 0.378. The first kappa shape index (κ1) is 37.5. The van der Waals surface area contributed by atoms with Crippen molar-refractivity contribution in [3.63, 3.8) is 0 Å². The van der Waals surface area contributed by atoms with Gasteiger partial charge in [0.25, 0.3) is 0 Å². The van der Waals surface area contributed by atoms with Gasteiger partial charge in [-0.15, -0.1) is 0 Å². The van der Waals surface area contributed by atoms with Gasteiger partial charge in [-0.1, -0.05) is 38.1 Å². The Balaban J connectivity index is 1.03. The van der Waals surface area contributed by atoms with Crippen molar-refractivity contribution >= 4 is 22.9 Å². The average molecular weight is 783 g/mol. The third-order valence-corrected chi connectivity index (χ3v) is 11.9. The van der Waals surface area contributed by atoms with Crippen LogP contribution in [-0.2, 0) is 16.0 Å². The number of imidazole rings is 2. The van der Waals surface area contributed by atoms with E-state index in [0.29, 0.717) is 6.54 Å². The number of rotatable bonds is 11. The van der Waals surface area contributed by atoms with E-state index in [4.69, 9.17) is 24.2 Å². The second-order valence-electron chi connectivity index (χ2n) is 15.9. The van der Waals surface area contributed by atoms with Crippen LogP contribution in [0.15, 0.2) is 79.1 Å². The Morgan fingerprint density at radius 3 is 2.50 bits per heavy atom. The number of fused-ring (bicyclic) bond motifs is 5. The van der Waals surface area contributed by atoms with Crippen molar-refractivity contribution < 1.29 is 23.8 Å². The van der Waals surface area contributed by atoms with E-state index < -0.39 is 12.1 Å². The average Bonchev–Trinajstić information content (AvgIpc) is 4.10. The molecule has 6 heterocycles. The molecular weight excluding hydrogens is 733 g/mol. The zero-order chi connectivity index (χ0) is 39.9. The molecule has 4 unspecified atom stereocenters. The molecule has 9 rings (SSSR count). The molecule has 3 aliphatic heterocycles. The topological polar surface area (TPSA) is 151 Å². The summed E-state index contributed by atoms with van der Waals surface area (Å²) in [6.07, 6.45) is 8.30. The Morgan fingerprint density at radius 2 is 1.72 bits per heavy atom. The van der Waals surface area contributed by atoms with Crippen molar-refractivity contribution in [1.29, 1.82) is 0 Å². The molecule has 13 nitrogen and oxygen atoms in total. The van der Waals surface area contributed by atoms with E-state index in [-0.39, 0.29) is 30.1 Å². The number of amides is 2. The highest BCUT2D eigenvalue weighted by atomic mass is 16.5. The predicted molar refractivity (Wildman–Crippen MR) is 221 cm³/mol. The van der Waals surface area contributed by atoms with Crippen LogP contribution in [0.3, 0.4) is 0 Å². The number of carbonyl (C=O) groups excluding carboxylic acids is 2. The van der Waals surface area contributed by atoms with Gasteiger partial charge >= 0.3 is 6.09 Å². The molecule has 6 aromatic rings. The fourth-order valence-corrected chi connectivity index (χ4v) is 8.85. The van der Waals surface area contributed by atoms with Crippen LogP contribution >= 0.6 is 0 Å². The smallest absolute Gasteiger partial charge is 0.407 e. The lowest BCUT2D eigenvalue weighted by atomic mass is 10.0. The summed E-state index contributed by atoms with van der Waals surface area (Å²) in [5, 5.41) is 7.40. The van der Waals surface area contributed by atoms with Gasteiger partial charge in [0.05, 0.1) is 61.3 Å². The number of hydrogen-bond acceptors (Lipinski definition) is 8. The van der Waals surface area contributed by atoms with Crippen LogP contribution in [0.4, 0.5) is 4.79 Å². The Kier molecular flexibility index (Phi) is 10.1. The molecule has 3 aromatic heterocycles. The summed E-state index contributed by atoms with van der Waals surface area (Å²) < 4.78 is 19.6. The number of aromatic amines is 2. The van der Waals surface area contributed by atoms with Crippen LogP contribution in [0.5, 0.6) is 11.5 Å². The highest BCUT2D eigenvalue weighted by Gasteiger charge is 2.38. The molecule has 4 atom stereocenters. The Bertz CT molecular complexity index is 2460. The summed E-state index contributed by atoms with van der Waals surface area (Å²) in [4.78, 5) is 44.3. The molecule has 0 saturated carbocycles. The summed E-state index contributed by atoms with van der Waals surface area (Å²) >= 11 is 0. The molecule has 0 radical (unpaired) electrons. The SMILES string of the molecule is COC(=O)NC(C(=O)N1CCCC1c1ncc(-c2ccc3c(c2)OC(CCc2cccc(OC)c2)n2c-3cc3cc(-c4cnc(C5CCCN5)[nH]4)ccc32)[nH]1)C(C)C. The molecular formula is C45H50N8O5. The minimum Gasteiger partial charge on any atom is -0.497 e. The van der Waals surface area contributed by atoms with E-state index in [9.17, 15) is 9.59 Å². The summed E-state index contributed by atoms with van der Waals surface area (Å²) in [5.41, 5.74) is 8.27. The first-order chi connectivity index (χ1) is 28.3. The quantitative estimate of drug-likeness (QED) is 0.103. The number of likely N-dealkylation sites (tertiary alicyclic amines) is 1. The number of nitrogens with zero attached hydrogens (tertiary/aromatic N) is 4. The molecule has 2 amide bonds. The predicted octanol–water partition coefficient (Wildman–Crippen LogP) is 8.09. The maximum atomic E-state index is 13.8. The largest absolute Gasteiger partial charge is 0.497 e. The molecule has 3 aliphatic rings. The van der Waals surface area contributed by atoms with E-state index >= 15 is 0 Å². The number of hydrogen-bond donors (Lipinski definition) is 4. The van der Waals surface area contributed by atoms with Crippen LogP contribution < -0.4 is 20.1 Å². The van der Waals surface area contributed by atoms with Gasteiger partial charge in [0.15, 0.2) is 6.23 Å². The van der Waals surface area contributed by atoms with Crippen molar-refractivity contribution in [1.82, 2.24) is 40.0 Å². The van der Waals surface area contributed by atoms with E-state index in [1.807, 2.05) is 43.3 Å². The van der Waals surface area contributed by atoms with E-state index in [1.165, 1.54) is 12.7 Å². The molecule has 13 heteroatoms. The van der Waals surface area contributed by atoms with Gasteiger partial charge in [0.1, 0.15) is 29.2 Å². The first-order valence-corrected chi connectivity index (χ1v) is 20.4. The summed E-state index contributed by atoms with van der Waals surface area (Å²) in [7, 11) is 3.00. The number of alkyl carbamates (subject to hydrolysis) is 1. The molecule has 58 heavy (non-hydrogen) atoms. The fourth-order valence-electron chi connectivity index (χ4n) is 8.85. The summed E-state index contributed by atoms with van der Waals surface area (Å²) in [6, 6.07) is 22.7. The van der Waals surface area contributed by atoms with Gasteiger partial charge in [-0.3, -0.25) is 4.79 Å². The molecule has 0 aliphatic carbocycles. The van der Waals surface area contributed by atoms with Crippen molar-refractivity contribution in [2.24, 2.45) is 5.92 Å². The van der Waals surface area contributed by atoms with Gasteiger partial charge in [0, 0.05) is 35.0 Å². The van der Waals surface area contributed by atoms with E-state index in [2.05, 4.69) is 79.8 Å². The molecule has 2 fully saturated rings. The Labute approximate surface area is 337 Å². The molecule has 0 bridgehead atoms. The number of nitrogens with one attached hydrogen (secondary N) is 4. The Hall–Kier alpha value is -6.08. The lowest BCUT2D eigenvalue weighted by Crippen LogP contribution is -2.51. The maximum absolute atomic E-state index is 13.8. The van der Waals surface area contributed by atoms with Crippen molar-refractivity contribution in [2.45, 2.75) is 76.7 Å². The van der Waals surface area contributed by atoms with E-state index in [0.717, 1.165) is 113 Å². The van der Waals surface area contributed by atoms with Crippen LogP contribution in [0.1, 0.15) is 81.5 Å². The highest BCUT2D eigenvalue weighted by Crippen LogP contribution is 2.45. The van der Waals surface area contributed by atoms with Crippen LogP contribution in [0.25, 0.3) is 44.7 Å². The monoisotopic (exact) mass is 782 g/mol. The van der Waals surface area contributed by atoms with Gasteiger partial charge in [-0.05, 0) is 92.6 Å². The van der Waals surface area contributed by atoms with Crippen LogP contribution in [0, 0.1) is 5.92 Å². The van der Waals surface area contributed by atoms with Crippen molar-refractivity contribution in [3.05, 3.63) is 96.3 Å². The number of H-pyrrole nitrogens is 2. The van der Waals surface area contributed by atoms with E-state index in [1.54, 1.807) is 7.11 Å². The zero-order valence-electron chi connectivity index (χ0n) is 33.4. The minimum absolute atomic E-state index is 0.112. The molecule has 2 saturated heterocycles. The standard InChI is InChI=1S/C45H50N8O5/c1-26(2)41(51-45(55)57-4)44(54)52-19-7-11-37(52)43-48-25-35(50-43)29-13-15-32-38-22-30-21-28(34-24-47-42(49-34)33-10-6-18-46-33)14-16-36(30)53(38)40(58-39(32)23-29)17-12-27-8-5-9-31(20-27)56-3/h5,8-9,13-16,20-26,33,37,40-41,46H,6-7,10-12,17-19H2,1-4H3,(H,47,49)(H,48,50)(H,51,55). The third kappa shape index (κ3) is 7.08. The summed E-state index contributed by atoms with van der Waals surface area (Å²) in [6.45, 7) is 5.44. The number of ether oxygens (including phenoxy) is 3. The summed E-state index contributed by atoms with van der Waals surface area (Å²) in [5.74, 6) is 3.10. The first-order valence-electron chi connectivity index (χ1n) is 20.4. The normalized spacial score (nSPS) is 19.2. The second kappa shape index (κ2) is 15.7. The number of benzene rings is 3. The Morgan fingerprint density at radius 1 is 0.931 bits per heavy atom. The van der Waals surface area contributed by atoms with Crippen LogP contribution in [0.2, 0.25) is 0 Å². The molecule has 3 aromatic carbocycles. The lowest BCUT2D eigenvalue weighted by molar-refractivity contribution is -0.135. The van der Waals surface area contributed by atoms with Crippen molar-refractivity contribution in [2.75, 3.05) is 27.3 Å². The highest BCUT2D eigenvalue weighted by molar-refractivity contribution is 5.92.